The van der Waals surface area contributed by atoms with Gasteiger partial charge in [0.25, 0.3) is 0 Å². The molecule has 1 aliphatic heterocycles. The van der Waals surface area contributed by atoms with Gasteiger partial charge in [-0.2, -0.15) is 0 Å². The quantitative estimate of drug-likeness (QED) is 0.858. The van der Waals surface area contributed by atoms with Crippen molar-refractivity contribution >= 4 is 0 Å². The third-order valence-electron chi connectivity index (χ3n) is 3.61. The summed E-state index contributed by atoms with van der Waals surface area (Å²) in [5, 5.41) is 9.96. The summed E-state index contributed by atoms with van der Waals surface area (Å²) in [5.41, 5.74) is 6.34. The maximum absolute atomic E-state index is 13.2. The van der Waals surface area contributed by atoms with Crippen molar-refractivity contribution in [1.82, 2.24) is 4.90 Å². The fourth-order valence-electron chi connectivity index (χ4n) is 2.70. The minimum atomic E-state index is -0.496. The molecule has 0 aromatic heterocycles. The lowest BCUT2D eigenvalue weighted by molar-refractivity contribution is 0.293. The van der Waals surface area contributed by atoms with Crippen LogP contribution in [0.3, 0.4) is 0 Å². The van der Waals surface area contributed by atoms with Crippen LogP contribution in [0.5, 0.6) is 11.5 Å². The number of likely N-dealkylation sites (tertiary alicyclic amines) is 1. The molecule has 0 bridgehead atoms. The first kappa shape index (κ1) is 13.1. The van der Waals surface area contributed by atoms with Gasteiger partial charge in [0.2, 0.25) is 0 Å². The SMILES string of the molecule is COc1cc(F)cc(O)c1C1CC(CN)CN1C. The second kappa shape index (κ2) is 5.12. The number of rotatable bonds is 3. The highest BCUT2D eigenvalue weighted by Gasteiger charge is 2.33. The van der Waals surface area contributed by atoms with Crippen LogP contribution in [-0.4, -0.2) is 37.3 Å². The molecule has 2 atom stereocenters. The monoisotopic (exact) mass is 254 g/mol. The van der Waals surface area contributed by atoms with Gasteiger partial charge >= 0.3 is 0 Å². The minimum absolute atomic E-state index is 0.0223. The molecule has 0 radical (unpaired) electrons. The summed E-state index contributed by atoms with van der Waals surface area (Å²) in [7, 11) is 3.45. The topological polar surface area (TPSA) is 58.7 Å². The molecular weight excluding hydrogens is 235 g/mol. The van der Waals surface area contributed by atoms with Crippen LogP contribution in [0.4, 0.5) is 4.39 Å². The van der Waals surface area contributed by atoms with Crippen molar-refractivity contribution < 1.29 is 14.2 Å². The molecule has 2 unspecified atom stereocenters. The fraction of sp³-hybridized carbons (Fsp3) is 0.538. The highest BCUT2D eigenvalue weighted by molar-refractivity contribution is 5.47. The number of phenolic OH excluding ortho intramolecular Hbond substituents is 1. The number of nitrogens with zero attached hydrogens (tertiary/aromatic N) is 1. The Kier molecular flexibility index (Phi) is 3.73. The first-order chi connectivity index (χ1) is 8.56. The van der Waals surface area contributed by atoms with Crippen LogP contribution in [0, 0.1) is 11.7 Å². The summed E-state index contributed by atoms with van der Waals surface area (Å²) < 4.78 is 18.4. The number of phenols is 1. The molecule has 0 saturated carbocycles. The average Bonchev–Trinajstić information content (AvgIpc) is 2.69. The highest BCUT2D eigenvalue weighted by Crippen LogP contribution is 2.43. The van der Waals surface area contributed by atoms with Gasteiger partial charge in [0.1, 0.15) is 17.3 Å². The van der Waals surface area contributed by atoms with Gasteiger partial charge < -0.3 is 15.6 Å². The zero-order valence-corrected chi connectivity index (χ0v) is 10.7. The molecule has 2 rings (SSSR count). The first-order valence-corrected chi connectivity index (χ1v) is 6.03. The van der Waals surface area contributed by atoms with Gasteiger partial charge in [-0.05, 0) is 25.9 Å². The van der Waals surface area contributed by atoms with Gasteiger partial charge in [0, 0.05) is 24.7 Å². The zero-order chi connectivity index (χ0) is 13.3. The number of hydrogen-bond donors (Lipinski definition) is 2. The molecule has 100 valence electrons. The maximum Gasteiger partial charge on any atom is 0.130 e. The van der Waals surface area contributed by atoms with Crippen LogP contribution in [0.15, 0.2) is 12.1 Å². The fourth-order valence-corrected chi connectivity index (χ4v) is 2.70. The number of benzene rings is 1. The van der Waals surface area contributed by atoms with E-state index >= 15 is 0 Å². The third kappa shape index (κ3) is 2.28. The molecule has 1 aromatic carbocycles. The summed E-state index contributed by atoms with van der Waals surface area (Å²) in [6.07, 6.45) is 0.850. The lowest BCUT2D eigenvalue weighted by Gasteiger charge is -2.22. The summed E-state index contributed by atoms with van der Waals surface area (Å²) in [6, 6.07) is 2.45. The molecule has 0 aliphatic carbocycles. The summed E-state index contributed by atoms with van der Waals surface area (Å²) in [5.74, 6) is 0.238. The summed E-state index contributed by atoms with van der Waals surface area (Å²) in [6.45, 7) is 1.49. The van der Waals surface area contributed by atoms with E-state index in [9.17, 15) is 9.50 Å². The van der Waals surface area contributed by atoms with Crippen LogP contribution in [-0.2, 0) is 0 Å². The van der Waals surface area contributed by atoms with E-state index in [1.165, 1.54) is 13.2 Å². The van der Waals surface area contributed by atoms with Gasteiger partial charge in [-0.25, -0.2) is 4.39 Å². The third-order valence-corrected chi connectivity index (χ3v) is 3.61. The molecule has 18 heavy (non-hydrogen) atoms. The standard InChI is InChI=1S/C13H19FN2O2/c1-16-7-8(6-15)3-10(16)13-11(17)4-9(14)5-12(13)18-2/h4-5,8,10,17H,3,6-7,15H2,1-2H3. The second-order valence-corrected chi connectivity index (χ2v) is 4.83. The minimum Gasteiger partial charge on any atom is -0.507 e. The van der Waals surface area contributed by atoms with Crippen LogP contribution in [0.25, 0.3) is 0 Å². The number of aromatic hydroxyl groups is 1. The van der Waals surface area contributed by atoms with Crippen molar-refractivity contribution in [2.24, 2.45) is 11.7 Å². The Hall–Kier alpha value is -1.33. The highest BCUT2D eigenvalue weighted by atomic mass is 19.1. The Morgan fingerprint density at radius 3 is 2.83 bits per heavy atom. The number of ether oxygens (including phenoxy) is 1. The van der Waals surface area contributed by atoms with E-state index in [0.29, 0.717) is 23.8 Å². The van der Waals surface area contributed by atoms with Crippen molar-refractivity contribution in [2.45, 2.75) is 12.5 Å². The Morgan fingerprint density at radius 2 is 2.28 bits per heavy atom. The van der Waals surface area contributed by atoms with Crippen molar-refractivity contribution in [3.05, 3.63) is 23.5 Å². The second-order valence-electron chi connectivity index (χ2n) is 4.83. The lowest BCUT2D eigenvalue weighted by Crippen LogP contribution is -2.21. The molecule has 1 aliphatic rings. The van der Waals surface area contributed by atoms with Gasteiger partial charge in [0.05, 0.1) is 12.7 Å². The van der Waals surface area contributed by atoms with Crippen LogP contribution in [0.2, 0.25) is 0 Å². The van der Waals surface area contributed by atoms with Gasteiger partial charge in [-0.3, -0.25) is 4.90 Å². The predicted molar refractivity (Wildman–Crippen MR) is 67.1 cm³/mol. The van der Waals surface area contributed by atoms with E-state index in [0.717, 1.165) is 19.0 Å². The molecule has 3 N–H and O–H groups in total. The van der Waals surface area contributed by atoms with Crippen molar-refractivity contribution in [3.8, 4) is 11.5 Å². The molecule has 1 aromatic rings. The van der Waals surface area contributed by atoms with Crippen molar-refractivity contribution in [3.63, 3.8) is 0 Å². The number of methoxy groups -OCH3 is 1. The van der Waals surface area contributed by atoms with E-state index in [4.69, 9.17) is 10.5 Å². The van der Waals surface area contributed by atoms with Crippen molar-refractivity contribution in [2.75, 3.05) is 27.2 Å². The zero-order valence-electron chi connectivity index (χ0n) is 10.7. The van der Waals surface area contributed by atoms with Crippen LogP contribution in [0.1, 0.15) is 18.0 Å². The first-order valence-electron chi connectivity index (χ1n) is 6.03. The van der Waals surface area contributed by atoms with E-state index in [1.54, 1.807) is 0 Å². The lowest BCUT2D eigenvalue weighted by atomic mass is 9.98. The molecule has 4 nitrogen and oxygen atoms in total. The van der Waals surface area contributed by atoms with Gasteiger partial charge in [0.15, 0.2) is 0 Å². The average molecular weight is 254 g/mol. The largest absolute Gasteiger partial charge is 0.507 e. The number of halogens is 1. The summed E-state index contributed by atoms with van der Waals surface area (Å²) >= 11 is 0. The number of hydrogen-bond acceptors (Lipinski definition) is 4. The van der Waals surface area contributed by atoms with E-state index < -0.39 is 5.82 Å². The Labute approximate surface area is 106 Å². The molecule has 0 amide bonds. The number of nitrogens with two attached hydrogens (primary N) is 1. The normalized spacial score (nSPS) is 24.4. The smallest absolute Gasteiger partial charge is 0.130 e. The van der Waals surface area contributed by atoms with Crippen LogP contribution >= 0.6 is 0 Å². The van der Waals surface area contributed by atoms with E-state index in [2.05, 4.69) is 4.90 Å². The van der Waals surface area contributed by atoms with Crippen LogP contribution < -0.4 is 10.5 Å². The molecular formula is C13H19FN2O2. The van der Waals surface area contributed by atoms with E-state index in [-0.39, 0.29) is 11.8 Å². The van der Waals surface area contributed by atoms with E-state index in [1.807, 2.05) is 7.05 Å². The maximum atomic E-state index is 13.2. The Bertz CT molecular complexity index is 439. The molecule has 1 heterocycles. The Balaban J connectivity index is 2.38. The Morgan fingerprint density at radius 1 is 1.56 bits per heavy atom. The van der Waals surface area contributed by atoms with Gasteiger partial charge in [-0.1, -0.05) is 0 Å². The molecule has 1 fully saturated rings. The molecule has 0 spiro atoms. The van der Waals surface area contributed by atoms with Crippen molar-refractivity contribution in [1.29, 1.82) is 0 Å². The molecule has 1 saturated heterocycles. The van der Waals surface area contributed by atoms with Gasteiger partial charge in [-0.15, -0.1) is 0 Å². The summed E-state index contributed by atoms with van der Waals surface area (Å²) in [4.78, 5) is 2.12. The molecule has 5 heteroatoms. The predicted octanol–water partition coefficient (Wildman–Crippen LogP) is 1.49.